The first-order chi connectivity index (χ1) is 9.97. The van der Waals surface area contributed by atoms with E-state index in [0.29, 0.717) is 25.3 Å². The summed E-state index contributed by atoms with van der Waals surface area (Å²) >= 11 is 0. The van der Waals surface area contributed by atoms with Crippen molar-refractivity contribution in [3.63, 3.8) is 0 Å². The van der Waals surface area contributed by atoms with Gasteiger partial charge < -0.3 is 21.5 Å². The van der Waals surface area contributed by atoms with Crippen LogP contribution in [0.3, 0.4) is 0 Å². The molecular formula is C14H23N3O4. The van der Waals surface area contributed by atoms with E-state index in [2.05, 4.69) is 10.6 Å². The molecule has 118 valence electrons. The molecular weight excluding hydrogens is 274 g/mol. The average Bonchev–Trinajstić information content (AvgIpc) is 3.23. The third-order valence-corrected chi connectivity index (χ3v) is 4.16. The van der Waals surface area contributed by atoms with E-state index in [1.807, 2.05) is 0 Å². The topological polar surface area (TPSA) is 122 Å². The van der Waals surface area contributed by atoms with Gasteiger partial charge in [0.15, 0.2) is 0 Å². The number of hydrogen-bond donors (Lipinski definition) is 4. The summed E-state index contributed by atoms with van der Waals surface area (Å²) in [6.45, 7) is 0.631. The lowest BCUT2D eigenvalue weighted by atomic mass is 9.91. The van der Waals surface area contributed by atoms with Gasteiger partial charge in [0.25, 0.3) is 0 Å². The summed E-state index contributed by atoms with van der Waals surface area (Å²) in [7, 11) is 0. The first-order valence-corrected chi connectivity index (χ1v) is 7.54. The van der Waals surface area contributed by atoms with E-state index >= 15 is 0 Å². The number of hydrogen-bond acceptors (Lipinski definition) is 4. The summed E-state index contributed by atoms with van der Waals surface area (Å²) < 4.78 is 0. The zero-order valence-corrected chi connectivity index (χ0v) is 12.0. The van der Waals surface area contributed by atoms with Crippen molar-refractivity contribution in [2.45, 2.75) is 50.6 Å². The number of carboxylic acid groups (broad SMARTS) is 1. The Morgan fingerprint density at radius 3 is 2.62 bits per heavy atom. The quantitative estimate of drug-likeness (QED) is 0.509. The van der Waals surface area contributed by atoms with Gasteiger partial charge in [-0.25, -0.2) is 4.79 Å². The maximum absolute atomic E-state index is 11.9. The summed E-state index contributed by atoms with van der Waals surface area (Å²) in [5, 5.41) is 14.4. The molecule has 21 heavy (non-hydrogen) atoms. The van der Waals surface area contributed by atoms with Gasteiger partial charge in [0.1, 0.15) is 6.04 Å². The van der Waals surface area contributed by atoms with Gasteiger partial charge in [0.05, 0.1) is 6.04 Å². The summed E-state index contributed by atoms with van der Waals surface area (Å²) in [4.78, 5) is 34.9. The first-order valence-electron chi connectivity index (χ1n) is 7.54. The van der Waals surface area contributed by atoms with E-state index in [-0.39, 0.29) is 18.2 Å². The molecule has 0 bridgehead atoms. The highest BCUT2D eigenvalue weighted by Crippen LogP contribution is 2.33. The van der Waals surface area contributed by atoms with Crippen LogP contribution < -0.4 is 16.4 Å². The Morgan fingerprint density at radius 2 is 2.05 bits per heavy atom. The van der Waals surface area contributed by atoms with Crippen molar-refractivity contribution >= 4 is 17.8 Å². The van der Waals surface area contributed by atoms with Crippen LogP contribution in [0.2, 0.25) is 0 Å². The standard InChI is InChI=1S/C14H23N3O4/c15-10(6-8-3-4-8)13(19)17-11(14(20)21)7-9-2-1-5-16-12(9)18/h8-11H,1-7,15H2,(H,16,18)(H,17,19)(H,20,21)/t9-,10-,11?/m0/s1. The SMILES string of the molecule is N[C@@H](CC1CC1)C(=O)NC(C[C@@H]1CCCNC1=O)C(=O)O. The molecule has 2 amide bonds. The first kappa shape index (κ1) is 15.8. The Kier molecular flexibility index (Phi) is 5.17. The highest BCUT2D eigenvalue weighted by Gasteiger charge is 2.32. The van der Waals surface area contributed by atoms with E-state index in [1.165, 1.54) is 0 Å². The average molecular weight is 297 g/mol. The minimum absolute atomic E-state index is 0.114. The molecule has 3 atom stereocenters. The highest BCUT2D eigenvalue weighted by atomic mass is 16.4. The summed E-state index contributed by atoms with van der Waals surface area (Å²) in [6.07, 6.45) is 4.37. The highest BCUT2D eigenvalue weighted by molar-refractivity contribution is 5.87. The van der Waals surface area contributed by atoms with Gasteiger partial charge in [0, 0.05) is 12.5 Å². The summed E-state index contributed by atoms with van der Waals surface area (Å²) in [5.41, 5.74) is 5.78. The van der Waals surface area contributed by atoms with Crippen molar-refractivity contribution in [3.8, 4) is 0 Å². The van der Waals surface area contributed by atoms with E-state index < -0.39 is 24.0 Å². The molecule has 0 radical (unpaired) electrons. The van der Waals surface area contributed by atoms with Gasteiger partial charge in [-0.3, -0.25) is 9.59 Å². The van der Waals surface area contributed by atoms with Gasteiger partial charge in [-0.1, -0.05) is 12.8 Å². The molecule has 0 aromatic carbocycles. The van der Waals surface area contributed by atoms with Gasteiger partial charge in [-0.2, -0.15) is 0 Å². The van der Waals surface area contributed by atoms with Crippen molar-refractivity contribution in [3.05, 3.63) is 0 Å². The van der Waals surface area contributed by atoms with Crippen LogP contribution in [0, 0.1) is 11.8 Å². The third-order valence-electron chi connectivity index (χ3n) is 4.16. The van der Waals surface area contributed by atoms with Crippen molar-refractivity contribution < 1.29 is 19.5 Å². The lowest BCUT2D eigenvalue weighted by Gasteiger charge is -2.25. The van der Waals surface area contributed by atoms with Crippen molar-refractivity contribution in [2.75, 3.05) is 6.54 Å². The maximum Gasteiger partial charge on any atom is 0.326 e. The number of piperidine rings is 1. The fourth-order valence-electron chi connectivity index (χ4n) is 2.66. The Morgan fingerprint density at radius 1 is 1.33 bits per heavy atom. The molecule has 2 aliphatic rings. The Bertz CT molecular complexity index is 422. The van der Waals surface area contributed by atoms with Gasteiger partial charge >= 0.3 is 5.97 Å². The zero-order chi connectivity index (χ0) is 15.4. The summed E-state index contributed by atoms with van der Waals surface area (Å²) in [6, 6.07) is -1.73. The molecule has 1 aliphatic carbocycles. The molecule has 0 aromatic heterocycles. The third kappa shape index (κ3) is 4.70. The molecule has 1 saturated heterocycles. The predicted octanol–water partition coefficient (Wildman–Crippen LogP) is -0.400. The zero-order valence-electron chi connectivity index (χ0n) is 12.0. The minimum Gasteiger partial charge on any atom is -0.480 e. The fraction of sp³-hybridized carbons (Fsp3) is 0.786. The minimum atomic E-state index is -1.12. The van der Waals surface area contributed by atoms with Crippen LogP contribution in [0.25, 0.3) is 0 Å². The van der Waals surface area contributed by atoms with Crippen LogP contribution >= 0.6 is 0 Å². The molecule has 2 fully saturated rings. The lowest BCUT2D eigenvalue weighted by Crippen LogP contribution is -2.50. The lowest BCUT2D eigenvalue weighted by molar-refractivity contribution is -0.143. The predicted molar refractivity (Wildman–Crippen MR) is 75.2 cm³/mol. The molecule has 1 heterocycles. The van der Waals surface area contributed by atoms with Crippen LogP contribution in [0.5, 0.6) is 0 Å². The largest absolute Gasteiger partial charge is 0.480 e. The van der Waals surface area contributed by atoms with Crippen LogP contribution in [0.4, 0.5) is 0 Å². The normalized spacial score (nSPS) is 24.8. The molecule has 1 unspecified atom stereocenters. The Hall–Kier alpha value is -1.63. The molecule has 5 N–H and O–H groups in total. The van der Waals surface area contributed by atoms with E-state index in [9.17, 15) is 19.5 Å². The number of carbonyl (C=O) groups excluding carboxylic acids is 2. The van der Waals surface area contributed by atoms with Gasteiger partial charge in [0.2, 0.25) is 11.8 Å². The molecule has 7 nitrogen and oxygen atoms in total. The number of carbonyl (C=O) groups is 3. The second-order valence-electron chi connectivity index (χ2n) is 6.05. The van der Waals surface area contributed by atoms with Crippen LogP contribution in [-0.4, -0.2) is 41.5 Å². The van der Waals surface area contributed by atoms with E-state index in [4.69, 9.17) is 5.73 Å². The number of amides is 2. The van der Waals surface area contributed by atoms with Crippen LogP contribution in [-0.2, 0) is 14.4 Å². The number of nitrogens with one attached hydrogen (secondary N) is 2. The van der Waals surface area contributed by atoms with Gasteiger partial charge in [-0.15, -0.1) is 0 Å². The Balaban J connectivity index is 1.86. The van der Waals surface area contributed by atoms with Crippen molar-refractivity contribution in [1.82, 2.24) is 10.6 Å². The summed E-state index contributed by atoms with van der Waals surface area (Å²) in [5.74, 6) is -1.56. The van der Waals surface area contributed by atoms with E-state index in [0.717, 1.165) is 19.3 Å². The molecule has 0 aromatic rings. The smallest absolute Gasteiger partial charge is 0.326 e. The molecule has 1 aliphatic heterocycles. The second-order valence-corrected chi connectivity index (χ2v) is 6.05. The number of rotatable bonds is 7. The van der Waals surface area contributed by atoms with Crippen LogP contribution in [0.15, 0.2) is 0 Å². The molecule has 1 saturated carbocycles. The maximum atomic E-state index is 11.9. The number of carboxylic acids is 1. The van der Waals surface area contributed by atoms with Crippen molar-refractivity contribution in [1.29, 1.82) is 0 Å². The van der Waals surface area contributed by atoms with E-state index in [1.54, 1.807) is 0 Å². The number of nitrogens with two attached hydrogens (primary N) is 1. The van der Waals surface area contributed by atoms with Gasteiger partial charge in [-0.05, 0) is 31.6 Å². The second kappa shape index (κ2) is 6.89. The number of aliphatic carboxylic acids is 1. The van der Waals surface area contributed by atoms with Crippen LogP contribution in [0.1, 0.15) is 38.5 Å². The molecule has 7 heteroatoms. The molecule has 0 spiro atoms. The molecule has 2 rings (SSSR count). The fourth-order valence-corrected chi connectivity index (χ4v) is 2.66. The van der Waals surface area contributed by atoms with Crippen molar-refractivity contribution in [2.24, 2.45) is 17.6 Å². The monoisotopic (exact) mass is 297 g/mol. The Labute approximate surface area is 123 Å².